The number of hydrogen-bond donors (Lipinski definition) is 3. The highest BCUT2D eigenvalue weighted by atomic mass is 35.5. The Morgan fingerprint density at radius 3 is 2.72 bits per heavy atom. The normalized spacial score (nSPS) is 12.8. The summed E-state index contributed by atoms with van der Waals surface area (Å²) in [6.07, 6.45) is 1.73. The van der Waals surface area contributed by atoms with E-state index in [0.717, 1.165) is 5.56 Å². The van der Waals surface area contributed by atoms with E-state index in [-0.39, 0.29) is 5.75 Å². The molecule has 1 aromatic rings. The summed E-state index contributed by atoms with van der Waals surface area (Å²) in [4.78, 5) is 14.9. The van der Waals surface area contributed by atoms with E-state index in [9.17, 15) is 4.79 Å². The van der Waals surface area contributed by atoms with Crippen LogP contribution in [0.15, 0.2) is 29.3 Å². The number of rotatable bonds is 7. The van der Waals surface area contributed by atoms with Gasteiger partial charge in [-0.25, -0.2) is 0 Å². The molecule has 0 amide bonds. The largest absolute Gasteiger partial charge is 0.480 e. The molecule has 0 aliphatic carbocycles. The van der Waals surface area contributed by atoms with Crippen molar-refractivity contribution in [3.63, 3.8) is 0 Å². The van der Waals surface area contributed by atoms with Gasteiger partial charge in [-0.15, -0.1) is 0 Å². The third-order valence-electron chi connectivity index (χ3n) is 2.22. The predicted molar refractivity (Wildman–Crippen MR) is 77.2 cm³/mol. The average molecular weight is 287 g/mol. The molecule has 1 atom stereocenters. The summed E-state index contributed by atoms with van der Waals surface area (Å²) < 4.78 is 0. The van der Waals surface area contributed by atoms with Gasteiger partial charge >= 0.3 is 5.97 Å². The van der Waals surface area contributed by atoms with Gasteiger partial charge in [-0.1, -0.05) is 23.7 Å². The molecule has 0 aliphatic heterocycles. The van der Waals surface area contributed by atoms with Crippen molar-refractivity contribution in [2.24, 2.45) is 4.99 Å². The molecule has 4 nitrogen and oxygen atoms in total. The fourth-order valence-corrected chi connectivity index (χ4v) is 1.66. The zero-order chi connectivity index (χ0) is 13.4. The lowest BCUT2D eigenvalue weighted by molar-refractivity contribution is -0.138. The van der Waals surface area contributed by atoms with Gasteiger partial charge in [0.2, 0.25) is 0 Å². The number of nitrogens with zero attached hydrogens (tertiary/aromatic N) is 1. The molecule has 0 saturated carbocycles. The molecule has 0 heterocycles. The van der Waals surface area contributed by atoms with E-state index in [4.69, 9.17) is 16.7 Å². The van der Waals surface area contributed by atoms with E-state index in [1.807, 2.05) is 12.1 Å². The molecule has 6 heteroatoms. The number of aliphatic imine (C=N–C) groups is 1. The first-order valence-corrected chi connectivity index (χ1v) is 6.47. The number of thiol groups is 1. The molecule has 0 saturated heterocycles. The molecule has 1 rings (SSSR count). The Hall–Kier alpha value is -1.04. The second kappa shape index (κ2) is 8.13. The van der Waals surface area contributed by atoms with Crippen molar-refractivity contribution in [1.82, 2.24) is 5.32 Å². The fraction of sp³-hybridized carbons (Fsp3) is 0.333. The Morgan fingerprint density at radius 1 is 1.50 bits per heavy atom. The first kappa shape index (κ1) is 15.0. The van der Waals surface area contributed by atoms with Crippen LogP contribution in [0.25, 0.3) is 0 Å². The first-order chi connectivity index (χ1) is 8.63. The number of aliphatic carboxylic acids is 1. The number of carboxylic acids is 1. The van der Waals surface area contributed by atoms with Gasteiger partial charge in [-0.05, 0) is 17.7 Å². The zero-order valence-electron chi connectivity index (χ0n) is 9.71. The summed E-state index contributed by atoms with van der Waals surface area (Å²) in [5.74, 6) is -0.636. The van der Waals surface area contributed by atoms with E-state index >= 15 is 0 Å². The maximum atomic E-state index is 10.7. The van der Waals surface area contributed by atoms with E-state index < -0.39 is 12.0 Å². The van der Waals surface area contributed by atoms with Crippen molar-refractivity contribution in [1.29, 1.82) is 0 Å². The Labute approximate surface area is 116 Å². The number of carbonyl (C=O) groups is 1. The number of carboxylic acid groups (broad SMARTS) is 1. The van der Waals surface area contributed by atoms with E-state index in [1.165, 1.54) is 0 Å². The highest BCUT2D eigenvalue weighted by Crippen LogP contribution is 2.07. The van der Waals surface area contributed by atoms with Crippen LogP contribution in [0, 0.1) is 0 Å². The molecule has 0 spiro atoms. The summed E-state index contributed by atoms with van der Waals surface area (Å²) in [6.45, 7) is 1.02. The zero-order valence-corrected chi connectivity index (χ0v) is 11.4. The summed E-state index contributed by atoms with van der Waals surface area (Å²) in [5, 5.41) is 12.3. The van der Waals surface area contributed by atoms with Crippen LogP contribution in [0.3, 0.4) is 0 Å². The fourth-order valence-electron chi connectivity index (χ4n) is 1.25. The van der Waals surface area contributed by atoms with Crippen molar-refractivity contribution in [2.45, 2.75) is 6.04 Å². The number of halogens is 1. The van der Waals surface area contributed by atoms with Crippen LogP contribution in [-0.2, 0) is 4.79 Å². The highest BCUT2D eigenvalue weighted by Gasteiger charge is 2.12. The second-order valence-electron chi connectivity index (χ2n) is 3.61. The van der Waals surface area contributed by atoms with Crippen molar-refractivity contribution >= 4 is 36.4 Å². The van der Waals surface area contributed by atoms with Gasteiger partial charge in [0, 0.05) is 23.5 Å². The Bertz CT molecular complexity index is 409. The smallest absolute Gasteiger partial charge is 0.321 e. The van der Waals surface area contributed by atoms with E-state index in [0.29, 0.717) is 18.1 Å². The minimum Gasteiger partial charge on any atom is -0.480 e. The lowest BCUT2D eigenvalue weighted by Gasteiger charge is -2.09. The Kier molecular flexibility index (Phi) is 6.78. The van der Waals surface area contributed by atoms with Crippen LogP contribution in [0.4, 0.5) is 0 Å². The minimum atomic E-state index is -0.897. The summed E-state index contributed by atoms with van der Waals surface area (Å²) in [6, 6.07) is 6.70. The van der Waals surface area contributed by atoms with Crippen LogP contribution >= 0.6 is 24.2 Å². The molecule has 98 valence electrons. The molecule has 1 aromatic carbocycles. The highest BCUT2D eigenvalue weighted by molar-refractivity contribution is 7.80. The van der Waals surface area contributed by atoms with Crippen molar-refractivity contribution in [2.75, 3.05) is 18.8 Å². The standard InChI is InChI=1S/C12H15ClN2O2S/c13-10-3-1-9(2-4-10)7-14-5-6-15-11(8-18)12(16)17/h1-4,7,11,15,18H,5-6,8H2,(H,16,17)/t11-/m0/s1. The third kappa shape index (κ3) is 5.53. The minimum absolute atomic E-state index is 0.260. The molecule has 2 N–H and O–H groups in total. The molecule has 0 bridgehead atoms. The summed E-state index contributed by atoms with van der Waals surface area (Å²) in [5.41, 5.74) is 0.961. The van der Waals surface area contributed by atoms with E-state index in [2.05, 4.69) is 22.9 Å². The topological polar surface area (TPSA) is 61.7 Å². The van der Waals surface area contributed by atoms with Gasteiger partial charge in [0.1, 0.15) is 6.04 Å². The quantitative estimate of drug-likeness (QED) is 0.406. The van der Waals surface area contributed by atoms with Crippen LogP contribution in [0.2, 0.25) is 5.02 Å². The molecule has 0 aliphatic rings. The lowest BCUT2D eigenvalue weighted by Crippen LogP contribution is -2.39. The second-order valence-corrected chi connectivity index (χ2v) is 4.42. The average Bonchev–Trinajstić information content (AvgIpc) is 2.35. The first-order valence-electron chi connectivity index (χ1n) is 5.46. The lowest BCUT2D eigenvalue weighted by atomic mass is 10.2. The van der Waals surface area contributed by atoms with Gasteiger partial charge in [-0.3, -0.25) is 9.79 Å². The monoisotopic (exact) mass is 286 g/mol. The third-order valence-corrected chi connectivity index (χ3v) is 2.84. The van der Waals surface area contributed by atoms with Crippen molar-refractivity contribution < 1.29 is 9.90 Å². The van der Waals surface area contributed by atoms with Crippen molar-refractivity contribution in [3.05, 3.63) is 34.9 Å². The number of nitrogens with one attached hydrogen (secondary N) is 1. The van der Waals surface area contributed by atoms with Gasteiger partial charge in [0.05, 0.1) is 6.54 Å². The number of hydrogen-bond acceptors (Lipinski definition) is 4. The maximum absolute atomic E-state index is 10.7. The molecular weight excluding hydrogens is 272 g/mol. The van der Waals surface area contributed by atoms with Crippen LogP contribution in [0.5, 0.6) is 0 Å². The molecule has 0 unspecified atom stereocenters. The summed E-state index contributed by atoms with van der Waals surface area (Å²) >= 11 is 9.71. The Morgan fingerprint density at radius 2 is 2.17 bits per heavy atom. The van der Waals surface area contributed by atoms with Crippen LogP contribution in [0.1, 0.15) is 5.56 Å². The number of benzene rings is 1. The van der Waals surface area contributed by atoms with Gasteiger partial charge in [0.15, 0.2) is 0 Å². The molecule has 0 fully saturated rings. The molecule has 0 aromatic heterocycles. The predicted octanol–water partition coefficient (Wildman–Crippen LogP) is 1.73. The van der Waals surface area contributed by atoms with Crippen molar-refractivity contribution in [3.8, 4) is 0 Å². The SMILES string of the molecule is O=C(O)[C@H](CS)NCCN=Cc1ccc(Cl)cc1. The van der Waals surface area contributed by atoms with Crippen LogP contribution < -0.4 is 5.32 Å². The van der Waals surface area contributed by atoms with Gasteiger partial charge in [0.25, 0.3) is 0 Å². The molecule has 0 radical (unpaired) electrons. The molecular formula is C12H15ClN2O2S. The summed E-state index contributed by atoms with van der Waals surface area (Å²) in [7, 11) is 0. The maximum Gasteiger partial charge on any atom is 0.321 e. The van der Waals surface area contributed by atoms with Gasteiger partial charge < -0.3 is 10.4 Å². The molecule has 18 heavy (non-hydrogen) atoms. The van der Waals surface area contributed by atoms with E-state index in [1.54, 1.807) is 18.3 Å². The van der Waals surface area contributed by atoms with Gasteiger partial charge in [-0.2, -0.15) is 12.6 Å². The van der Waals surface area contributed by atoms with Crippen LogP contribution in [-0.4, -0.2) is 42.2 Å². The Balaban J connectivity index is 2.29.